The van der Waals surface area contributed by atoms with Crippen molar-refractivity contribution < 1.29 is 14.7 Å². The maximum Gasteiger partial charge on any atom is 0.303 e. The number of aryl methyl sites for hydroxylation is 2. The van der Waals surface area contributed by atoms with E-state index < -0.39 is 5.97 Å². The van der Waals surface area contributed by atoms with Crippen molar-refractivity contribution in [2.45, 2.75) is 56.9 Å². The van der Waals surface area contributed by atoms with E-state index in [9.17, 15) is 9.59 Å². The zero-order valence-corrected chi connectivity index (χ0v) is 14.7. The molecule has 0 bridgehead atoms. The summed E-state index contributed by atoms with van der Waals surface area (Å²) < 4.78 is 0. The fourth-order valence-electron chi connectivity index (χ4n) is 3.10. The number of carbonyl (C=O) groups is 2. The summed E-state index contributed by atoms with van der Waals surface area (Å²) in [6.07, 6.45) is 3.73. The molecule has 4 nitrogen and oxygen atoms in total. The van der Waals surface area contributed by atoms with Gasteiger partial charge in [0.2, 0.25) is 5.91 Å². The predicted molar refractivity (Wildman–Crippen MR) is 92.9 cm³/mol. The molecule has 0 radical (unpaired) electrons. The minimum absolute atomic E-state index is 0.0899. The second kappa shape index (κ2) is 8.39. The first-order chi connectivity index (χ1) is 11.0. The van der Waals surface area contributed by atoms with Crippen LogP contribution in [0.2, 0.25) is 0 Å². The molecule has 2 rings (SSSR count). The van der Waals surface area contributed by atoms with Gasteiger partial charge in [-0.25, -0.2) is 0 Å². The minimum atomic E-state index is -0.785. The van der Waals surface area contributed by atoms with Crippen molar-refractivity contribution >= 4 is 23.6 Å². The molecule has 1 unspecified atom stereocenters. The van der Waals surface area contributed by atoms with E-state index in [1.807, 2.05) is 4.90 Å². The molecule has 0 spiro atoms. The highest BCUT2D eigenvalue weighted by molar-refractivity contribution is 8.00. The van der Waals surface area contributed by atoms with Crippen LogP contribution in [0.4, 0.5) is 0 Å². The maximum atomic E-state index is 12.6. The average molecular weight is 335 g/mol. The lowest BCUT2D eigenvalue weighted by atomic mass is 9.98. The zero-order valence-electron chi connectivity index (χ0n) is 13.9. The molecule has 0 saturated carbocycles. The van der Waals surface area contributed by atoms with Crippen molar-refractivity contribution in [2.75, 3.05) is 12.3 Å². The van der Waals surface area contributed by atoms with Gasteiger partial charge in [0.1, 0.15) is 0 Å². The van der Waals surface area contributed by atoms with Crippen LogP contribution >= 0.6 is 11.8 Å². The smallest absolute Gasteiger partial charge is 0.303 e. The summed E-state index contributed by atoms with van der Waals surface area (Å²) in [5.74, 6) is -0.231. The van der Waals surface area contributed by atoms with Crippen LogP contribution in [0.1, 0.15) is 43.2 Å². The lowest BCUT2D eigenvalue weighted by Crippen LogP contribution is -2.44. The van der Waals surface area contributed by atoms with Crippen LogP contribution in [0.5, 0.6) is 0 Å². The van der Waals surface area contributed by atoms with Crippen LogP contribution in [0.3, 0.4) is 0 Å². The van der Waals surface area contributed by atoms with E-state index >= 15 is 0 Å². The highest BCUT2D eigenvalue weighted by Gasteiger charge is 2.26. The van der Waals surface area contributed by atoms with Crippen molar-refractivity contribution in [2.24, 2.45) is 0 Å². The van der Waals surface area contributed by atoms with Gasteiger partial charge in [0.05, 0.1) is 5.75 Å². The number of thioether (sulfide) groups is 1. The van der Waals surface area contributed by atoms with Crippen LogP contribution in [-0.2, 0) is 9.59 Å². The molecule has 23 heavy (non-hydrogen) atoms. The molecule has 1 atom stereocenters. The number of hydrogen-bond acceptors (Lipinski definition) is 3. The predicted octanol–water partition coefficient (Wildman–Crippen LogP) is 3.64. The number of benzene rings is 1. The summed E-state index contributed by atoms with van der Waals surface area (Å²) in [5.41, 5.74) is 2.42. The van der Waals surface area contributed by atoms with Gasteiger partial charge in [-0.1, -0.05) is 17.7 Å². The molecule has 1 N–H and O–H groups in total. The van der Waals surface area contributed by atoms with E-state index in [0.717, 1.165) is 30.7 Å². The second-order valence-electron chi connectivity index (χ2n) is 6.23. The molecule has 0 aromatic heterocycles. The Balaban J connectivity index is 1.93. The van der Waals surface area contributed by atoms with Crippen LogP contribution in [0, 0.1) is 13.8 Å². The number of piperidine rings is 1. The van der Waals surface area contributed by atoms with Gasteiger partial charge in [0, 0.05) is 23.9 Å². The summed E-state index contributed by atoms with van der Waals surface area (Å²) >= 11 is 1.58. The van der Waals surface area contributed by atoms with Gasteiger partial charge in [0.15, 0.2) is 0 Å². The van der Waals surface area contributed by atoms with Crippen molar-refractivity contribution in [3.8, 4) is 0 Å². The molecule has 1 fully saturated rings. The van der Waals surface area contributed by atoms with Crippen molar-refractivity contribution in [1.82, 2.24) is 4.90 Å². The van der Waals surface area contributed by atoms with Gasteiger partial charge < -0.3 is 10.0 Å². The Bertz CT molecular complexity index is 573. The summed E-state index contributed by atoms with van der Waals surface area (Å²) in [4.78, 5) is 26.4. The van der Waals surface area contributed by atoms with E-state index in [0.29, 0.717) is 12.2 Å². The van der Waals surface area contributed by atoms with Crippen LogP contribution in [0.25, 0.3) is 0 Å². The topological polar surface area (TPSA) is 57.6 Å². The number of likely N-dealkylation sites (tertiary alicyclic amines) is 1. The van der Waals surface area contributed by atoms with Gasteiger partial charge in [-0.15, -0.1) is 11.8 Å². The Morgan fingerprint density at radius 3 is 2.78 bits per heavy atom. The number of carboxylic acids is 1. The summed E-state index contributed by atoms with van der Waals surface area (Å²) in [6.45, 7) is 4.89. The van der Waals surface area contributed by atoms with Crippen LogP contribution < -0.4 is 0 Å². The first kappa shape index (κ1) is 17.9. The number of aliphatic carboxylic acids is 1. The van der Waals surface area contributed by atoms with Crippen molar-refractivity contribution in [1.29, 1.82) is 0 Å². The third-order valence-corrected chi connectivity index (χ3v) is 5.48. The molecule has 1 aromatic carbocycles. The Morgan fingerprint density at radius 2 is 2.09 bits per heavy atom. The molecule has 0 aliphatic carbocycles. The lowest BCUT2D eigenvalue weighted by Gasteiger charge is -2.35. The SMILES string of the molecule is Cc1ccc(SCC(=O)N2CCCCC2CCC(=O)O)c(C)c1. The Morgan fingerprint density at radius 1 is 1.30 bits per heavy atom. The third kappa shape index (κ3) is 5.27. The molecule has 5 heteroatoms. The van der Waals surface area contributed by atoms with E-state index in [4.69, 9.17) is 5.11 Å². The highest BCUT2D eigenvalue weighted by Crippen LogP contribution is 2.26. The first-order valence-corrected chi connectivity index (χ1v) is 9.17. The number of hydrogen-bond donors (Lipinski definition) is 1. The molecular weight excluding hydrogens is 310 g/mol. The fourth-order valence-corrected chi connectivity index (χ4v) is 4.00. The van der Waals surface area contributed by atoms with Gasteiger partial charge >= 0.3 is 5.97 Å². The number of amides is 1. The molecule has 1 aliphatic rings. The molecule has 1 saturated heterocycles. The van der Waals surface area contributed by atoms with E-state index in [-0.39, 0.29) is 18.4 Å². The Hall–Kier alpha value is -1.49. The van der Waals surface area contributed by atoms with E-state index in [1.165, 1.54) is 11.1 Å². The molecule has 126 valence electrons. The van der Waals surface area contributed by atoms with Gasteiger partial charge in [0.25, 0.3) is 0 Å². The normalized spacial score (nSPS) is 18.0. The number of rotatable bonds is 6. The molecule has 1 heterocycles. The van der Waals surface area contributed by atoms with Gasteiger partial charge in [-0.2, -0.15) is 0 Å². The van der Waals surface area contributed by atoms with E-state index in [2.05, 4.69) is 32.0 Å². The molecule has 1 amide bonds. The summed E-state index contributed by atoms with van der Waals surface area (Å²) in [6, 6.07) is 6.35. The maximum absolute atomic E-state index is 12.6. The number of carbonyl (C=O) groups excluding carboxylic acids is 1. The van der Waals surface area contributed by atoms with Crippen molar-refractivity contribution in [3.63, 3.8) is 0 Å². The fraction of sp³-hybridized carbons (Fsp3) is 0.556. The van der Waals surface area contributed by atoms with Gasteiger partial charge in [-0.05, 0) is 51.2 Å². The third-order valence-electron chi connectivity index (χ3n) is 4.32. The van der Waals surface area contributed by atoms with Crippen molar-refractivity contribution in [3.05, 3.63) is 29.3 Å². The van der Waals surface area contributed by atoms with E-state index in [1.54, 1.807) is 11.8 Å². The number of carboxylic acid groups (broad SMARTS) is 1. The summed E-state index contributed by atoms with van der Waals surface area (Å²) in [5, 5.41) is 8.87. The quantitative estimate of drug-likeness (QED) is 0.806. The highest BCUT2D eigenvalue weighted by atomic mass is 32.2. The second-order valence-corrected chi connectivity index (χ2v) is 7.24. The molecule has 1 aromatic rings. The standard InChI is InChI=1S/C18H25NO3S/c1-13-6-8-16(14(2)11-13)23-12-17(20)19-10-4-3-5-15(19)7-9-18(21)22/h6,8,11,15H,3-5,7,9-10,12H2,1-2H3,(H,21,22). The Kier molecular flexibility index (Phi) is 6.51. The molecule has 1 aliphatic heterocycles. The minimum Gasteiger partial charge on any atom is -0.481 e. The average Bonchev–Trinajstić information content (AvgIpc) is 2.52. The van der Waals surface area contributed by atoms with Gasteiger partial charge in [-0.3, -0.25) is 9.59 Å². The first-order valence-electron chi connectivity index (χ1n) is 8.18. The summed E-state index contributed by atoms with van der Waals surface area (Å²) in [7, 11) is 0. The van der Waals surface area contributed by atoms with Crippen LogP contribution in [-0.4, -0.2) is 40.2 Å². The largest absolute Gasteiger partial charge is 0.481 e. The Labute approximate surface area is 142 Å². The number of nitrogens with zero attached hydrogens (tertiary/aromatic N) is 1. The zero-order chi connectivity index (χ0) is 16.8. The molecular formula is C18H25NO3S. The lowest BCUT2D eigenvalue weighted by molar-refractivity contribution is -0.139. The monoisotopic (exact) mass is 335 g/mol. The van der Waals surface area contributed by atoms with Crippen LogP contribution in [0.15, 0.2) is 23.1 Å².